The molecule has 1 aromatic rings. The van der Waals surface area contributed by atoms with Crippen LogP contribution in [-0.2, 0) is 0 Å². The van der Waals surface area contributed by atoms with Gasteiger partial charge >= 0.3 is 0 Å². The molecular weight excluding hydrogens is 202 g/mol. The fourth-order valence-corrected chi connectivity index (χ4v) is 1.11. The van der Waals surface area contributed by atoms with Gasteiger partial charge in [0.15, 0.2) is 5.78 Å². The lowest BCUT2D eigenvalue weighted by atomic mass is 10.0. The van der Waals surface area contributed by atoms with Gasteiger partial charge in [-0.2, -0.15) is 5.10 Å². The zero-order chi connectivity index (χ0) is 12.1. The van der Waals surface area contributed by atoms with Crippen molar-refractivity contribution in [3.63, 3.8) is 0 Å². The number of pyridine rings is 1. The van der Waals surface area contributed by atoms with Crippen molar-refractivity contribution in [1.29, 1.82) is 0 Å². The molecule has 1 aromatic heterocycles. The molecular formula is C12H17N3O. The molecule has 0 saturated carbocycles. The number of Topliss-reactive ketones (excluding diaryl/α,β-unsaturated/α-hetero) is 1. The van der Waals surface area contributed by atoms with E-state index in [4.69, 9.17) is 0 Å². The van der Waals surface area contributed by atoms with Crippen LogP contribution >= 0.6 is 0 Å². The number of anilines is 1. The minimum absolute atomic E-state index is 0.00323. The summed E-state index contributed by atoms with van der Waals surface area (Å²) in [6.45, 7) is 7.53. The number of nitrogens with one attached hydrogen (secondary N) is 1. The van der Waals surface area contributed by atoms with E-state index in [0.717, 1.165) is 5.71 Å². The lowest BCUT2D eigenvalue weighted by Crippen LogP contribution is -2.08. The molecule has 0 aliphatic carbocycles. The third-order valence-electron chi connectivity index (χ3n) is 1.97. The molecule has 4 nitrogen and oxygen atoms in total. The number of hydrazone groups is 1. The predicted molar refractivity (Wildman–Crippen MR) is 65.8 cm³/mol. The average molecular weight is 219 g/mol. The smallest absolute Gasteiger partial charge is 0.166 e. The summed E-state index contributed by atoms with van der Waals surface area (Å²) in [7, 11) is 0. The number of aromatic nitrogens is 1. The number of hydrogen-bond acceptors (Lipinski definition) is 4. The molecule has 0 aliphatic rings. The molecule has 16 heavy (non-hydrogen) atoms. The van der Waals surface area contributed by atoms with Crippen LogP contribution in [0.4, 0.5) is 5.82 Å². The van der Waals surface area contributed by atoms with Crippen LogP contribution in [0.25, 0.3) is 0 Å². The topological polar surface area (TPSA) is 54.4 Å². The van der Waals surface area contributed by atoms with E-state index in [1.807, 2.05) is 27.7 Å². The summed E-state index contributed by atoms with van der Waals surface area (Å²) in [5, 5.41) is 4.02. The highest BCUT2D eigenvalue weighted by Crippen LogP contribution is 2.10. The Balaban J connectivity index is 2.75. The summed E-state index contributed by atoms with van der Waals surface area (Å²) < 4.78 is 0. The van der Waals surface area contributed by atoms with Gasteiger partial charge < -0.3 is 0 Å². The highest BCUT2D eigenvalue weighted by molar-refractivity contribution is 5.97. The predicted octanol–water partition coefficient (Wildman–Crippen LogP) is 2.73. The molecule has 0 saturated heterocycles. The van der Waals surface area contributed by atoms with Crippen LogP contribution in [0.15, 0.2) is 23.4 Å². The zero-order valence-corrected chi connectivity index (χ0v) is 10.1. The molecule has 1 N–H and O–H groups in total. The first-order valence-electron chi connectivity index (χ1n) is 5.28. The van der Waals surface area contributed by atoms with Gasteiger partial charge in [-0.05, 0) is 26.0 Å². The molecule has 0 spiro atoms. The molecule has 4 heteroatoms. The Morgan fingerprint density at radius 2 is 2.06 bits per heavy atom. The zero-order valence-electron chi connectivity index (χ0n) is 10.1. The van der Waals surface area contributed by atoms with Crippen LogP contribution in [0, 0.1) is 5.92 Å². The Bertz CT molecular complexity index is 389. The number of carbonyl (C=O) groups excluding carboxylic acids is 1. The van der Waals surface area contributed by atoms with Gasteiger partial charge in [0.1, 0.15) is 5.82 Å². The van der Waals surface area contributed by atoms with Crippen LogP contribution in [0.1, 0.15) is 38.1 Å². The molecule has 86 valence electrons. The second-order valence-corrected chi connectivity index (χ2v) is 4.12. The SMILES string of the molecule is CC(C)=NNc1ccc(C(=O)C(C)C)cn1. The normalized spacial score (nSPS) is 10.1. The molecule has 1 heterocycles. The van der Waals surface area contributed by atoms with Crippen molar-refractivity contribution < 1.29 is 4.79 Å². The quantitative estimate of drug-likeness (QED) is 0.481. The van der Waals surface area contributed by atoms with Crippen molar-refractivity contribution in [1.82, 2.24) is 4.98 Å². The van der Waals surface area contributed by atoms with Crippen molar-refractivity contribution in [3.05, 3.63) is 23.9 Å². The van der Waals surface area contributed by atoms with E-state index >= 15 is 0 Å². The van der Waals surface area contributed by atoms with E-state index in [2.05, 4.69) is 15.5 Å². The summed E-state index contributed by atoms with van der Waals surface area (Å²) in [4.78, 5) is 15.7. The largest absolute Gasteiger partial charge is 0.294 e. The molecule has 1 rings (SSSR count). The standard InChI is InChI=1S/C12H17N3O/c1-8(2)12(16)10-5-6-11(13-7-10)15-14-9(3)4/h5-8H,1-4H3,(H,13,15). The summed E-state index contributed by atoms with van der Waals surface area (Å²) in [5.74, 6) is 0.743. The van der Waals surface area contributed by atoms with Gasteiger partial charge in [0, 0.05) is 23.4 Å². The maximum Gasteiger partial charge on any atom is 0.166 e. The summed E-state index contributed by atoms with van der Waals surface area (Å²) in [6.07, 6.45) is 1.57. The van der Waals surface area contributed by atoms with E-state index in [1.54, 1.807) is 18.3 Å². The van der Waals surface area contributed by atoms with Gasteiger partial charge in [-0.1, -0.05) is 13.8 Å². The number of hydrogen-bond donors (Lipinski definition) is 1. The third-order valence-corrected chi connectivity index (χ3v) is 1.97. The molecule has 0 aliphatic heterocycles. The van der Waals surface area contributed by atoms with E-state index < -0.39 is 0 Å². The van der Waals surface area contributed by atoms with Crippen molar-refractivity contribution in [2.75, 3.05) is 5.43 Å². The first-order valence-corrected chi connectivity index (χ1v) is 5.28. The van der Waals surface area contributed by atoms with Gasteiger partial charge in [0.2, 0.25) is 0 Å². The molecule has 0 bridgehead atoms. The minimum atomic E-state index is -0.00323. The highest BCUT2D eigenvalue weighted by Gasteiger charge is 2.10. The summed E-state index contributed by atoms with van der Waals surface area (Å²) >= 11 is 0. The molecule has 0 radical (unpaired) electrons. The lowest BCUT2D eigenvalue weighted by Gasteiger charge is -2.04. The van der Waals surface area contributed by atoms with E-state index in [0.29, 0.717) is 11.4 Å². The van der Waals surface area contributed by atoms with Crippen LogP contribution in [0.3, 0.4) is 0 Å². The maximum absolute atomic E-state index is 11.6. The number of rotatable bonds is 4. The summed E-state index contributed by atoms with van der Waals surface area (Å²) in [5.41, 5.74) is 4.36. The van der Waals surface area contributed by atoms with Gasteiger partial charge in [-0.3, -0.25) is 10.2 Å². The van der Waals surface area contributed by atoms with Crippen LogP contribution in [-0.4, -0.2) is 16.5 Å². The second kappa shape index (κ2) is 5.39. The number of nitrogens with zero attached hydrogens (tertiary/aromatic N) is 2. The Kier molecular flexibility index (Phi) is 4.17. The first kappa shape index (κ1) is 12.4. The maximum atomic E-state index is 11.6. The second-order valence-electron chi connectivity index (χ2n) is 4.12. The first-order chi connectivity index (χ1) is 7.50. The van der Waals surface area contributed by atoms with Gasteiger partial charge in [-0.25, -0.2) is 4.98 Å². The van der Waals surface area contributed by atoms with Gasteiger partial charge in [-0.15, -0.1) is 0 Å². The molecule has 0 fully saturated rings. The number of carbonyl (C=O) groups is 1. The van der Waals surface area contributed by atoms with Gasteiger partial charge in [0.25, 0.3) is 0 Å². The Hall–Kier alpha value is -1.71. The van der Waals surface area contributed by atoms with E-state index in [1.165, 1.54) is 0 Å². The summed E-state index contributed by atoms with van der Waals surface area (Å²) in [6, 6.07) is 3.51. The van der Waals surface area contributed by atoms with E-state index in [-0.39, 0.29) is 11.7 Å². The highest BCUT2D eigenvalue weighted by atomic mass is 16.1. The Labute approximate surface area is 95.8 Å². The average Bonchev–Trinajstić information content (AvgIpc) is 2.26. The third kappa shape index (κ3) is 3.46. The monoisotopic (exact) mass is 219 g/mol. The van der Waals surface area contributed by atoms with Crippen molar-refractivity contribution in [3.8, 4) is 0 Å². The fourth-order valence-electron chi connectivity index (χ4n) is 1.11. The molecule has 0 aromatic carbocycles. The minimum Gasteiger partial charge on any atom is -0.294 e. The van der Waals surface area contributed by atoms with Crippen LogP contribution in [0.5, 0.6) is 0 Å². The molecule has 0 unspecified atom stereocenters. The Morgan fingerprint density at radius 3 is 2.50 bits per heavy atom. The molecule has 0 atom stereocenters. The van der Waals surface area contributed by atoms with Gasteiger partial charge in [0.05, 0.1) is 0 Å². The van der Waals surface area contributed by atoms with E-state index in [9.17, 15) is 4.79 Å². The van der Waals surface area contributed by atoms with Crippen LogP contribution < -0.4 is 5.43 Å². The van der Waals surface area contributed by atoms with Crippen molar-refractivity contribution in [2.24, 2.45) is 11.0 Å². The van der Waals surface area contributed by atoms with Crippen molar-refractivity contribution in [2.45, 2.75) is 27.7 Å². The lowest BCUT2D eigenvalue weighted by molar-refractivity contribution is 0.0939. The molecule has 0 amide bonds. The van der Waals surface area contributed by atoms with Crippen molar-refractivity contribution >= 4 is 17.3 Å². The Morgan fingerprint density at radius 1 is 1.38 bits per heavy atom. The van der Waals surface area contributed by atoms with Crippen LogP contribution in [0.2, 0.25) is 0 Å². The fraction of sp³-hybridized carbons (Fsp3) is 0.417. The number of ketones is 1.